The lowest BCUT2D eigenvalue weighted by Gasteiger charge is -2.12. The molecule has 0 fully saturated rings. The maximum atomic E-state index is 12.1. The van der Waals surface area contributed by atoms with E-state index < -0.39 is 21.5 Å². The molecule has 1 amide bonds. The van der Waals surface area contributed by atoms with Crippen LogP contribution in [0, 0.1) is 0 Å². The van der Waals surface area contributed by atoms with Crippen molar-refractivity contribution in [2.24, 2.45) is 0 Å². The summed E-state index contributed by atoms with van der Waals surface area (Å²) in [5.74, 6) is -0.417. The van der Waals surface area contributed by atoms with Crippen LogP contribution in [0.1, 0.15) is 12.7 Å². The van der Waals surface area contributed by atoms with Gasteiger partial charge in [0.15, 0.2) is 9.84 Å². The average molecular weight is 342 g/mol. The van der Waals surface area contributed by atoms with E-state index >= 15 is 0 Å². The van der Waals surface area contributed by atoms with Gasteiger partial charge in [-0.25, -0.2) is 8.42 Å². The Labute approximate surface area is 134 Å². The van der Waals surface area contributed by atoms with Crippen LogP contribution in [0.3, 0.4) is 0 Å². The first kappa shape index (κ1) is 16.6. The van der Waals surface area contributed by atoms with E-state index in [-0.39, 0.29) is 10.9 Å². The number of sulfone groups is 1. The second kappa shape index (κ2) is 6.98. The zero-order chi connectivity index (χ0) is 16.2. The minimum Gasteiger partial charge on any atom is -0.469 e. The van der Waals surface area contributed by atoms with Crippen molar-refractivity contribution in [2.75, 3.05) is 5.75 Å². The zero-order valence-electron chi connectivity index (χ0n) is 12.0. The number of amides is 1. The van der Waals surface area contributed by atoms with E-state index in [1.165, 1.54) is 24.3 Å². The first-order valence-corrected chi connectivity index (χ1v) is 8.70. The van der Waals surface area contributed by atoms with Crippen LogP contribution in [0.25, 0.3) is 0 Å². The highest BCUT2D eigenvalue weighted by Crippen LogP contribution is 2.15. The number of carbonyl (C=O) groups is 1. The maximum absolute atomic E-state index is 12.1. The molecule has 1 heterocycles. The summed E-state index contributed by atoms with van der Waals surface area (Å²) in [6.07, 6.45) is 2.05. The van der Waals surface area contributed by atoms with E-state index in [0.717, 1.165) is 5.76 Å². The molecule has 0 aliphatic carbocycles. The van der Waals surface area contributed by atoms with Gasteiger partial charge in [0.1, 0.15) is 11.5 Å². The van der Waals surface area contributed by atoms with Crippen LogP contribution in [0.15, 0.2) is 52.0 Å². The molecular weight excluding hydrogens is 326 g/mol. The van der Waals surface area contributed by atoms with Crippen molar-refractivity contribution < 1.29 is 17.6 Å². The molecule has 1 atom stereocenters. The number of rotatable bonds is 6. The van der Waals surface area contributed by atoms with E-state index in [2.05, 4.69) is 5.32 Å². The second-order valence-electron chi connectivity index (χ2n) is 4.97. The van der Waals surface area contributed by atoms with Crippen LogP contribution in [0.2, 0.25) is 5.02 Å². The lowest BCUT2D eigenvalue weighted by Crippen LogP contribution is -2.37. The molecule has 0 saturated carbocycles. The van der Waals surface area contributed by atoms with Crippen molar-refractivity contribution in [3.05, 3.63) is 53.4 Å². The van der Waals surface area contributed by atoms with Gasteiger partial charge in [0.2, 0.25) is 5.91 Å². The molecule has 22 heavy (non-hydrogen) atoms. The zero-order valence-corrected chi connectivity index (χ0v) is 13.5. The predicted octanol–water partition coefficient (Wildman–Crippen LogP) is 2.45. The molecule has 0 unspecified atom stereocenters. The van der Waals surface area contributed by atoms with Crippen LogP contribution in [-0.2, 0) is 21.1 Å². The monoisotopic (exact) mass is 341 g/mol. The number of hydrogen-bond donors (Lipinski definition) is 1. The molecule has 2 rings (SSSR count). The molecule has 1 aromatic heterocycles. The number of nitrogens with one attached hydrogen (secondary N) is 1. The summed E-state index contributed by atoms with van der Waals surface area (Å²) in [6, 6.07) is 9.06. The first-order chi connectivity index (χ1) is 10.4. The third-order valence-electron chi connectivity index (χ3n) is 2.99. The molecule has 1 aromatic carbocycles. The summed E-state index contributed by atoms with van der Waals surface area (Å²) < 4.78 is 29.4. The van der Waals surface area contributed by atoms with Crippen molar-refractivity contribution in [1.29, 1.82) is 0 Å². The molecule has 0 saturated heterocycles. The van der Waals surface area contributed by atoms with Crippen molar-refractivity contribution >= 4 is 27.3 Å². The van der Waals surface area contributed by atoms with Gasteiger partial charge in [-0.1, -0.05) is 11.6 Å². The molecule has 0 spiro atoms. The Morgan fingerprint density at radius 3 is 2.55 bits per heavy atom. The largest absolute Gasteiger partial charge is 0.469 e. The first-order valence-electron chi connectivity index (χ1n) is 6.67. The highest BCUT2D eigenvalue weighted by atomic mass is 35.5. The van der Waals surface area contributed by atoms with Gasteiger partial charge in [0.25, 0.3) is 0 Å². The van der Waals surface area contributed by atoms with Gasteiger partial charge in [0.05, 0.1) is 11.2 Å². The molecule has 2 aromatic rings. The van der Waals surface area contributed by atoms with Crippen LogP contribution in [0.4, 0.5) is 0 Å². The fourth-order valence-corrected chi connectivity index (χ4v) is 3.27. The fraction of sp³-hybridized carbons (Fsp3) is 0.267. The van der Waals surface area contributed by atoms with Crippen LogP contribution in [-0.4, -0.2) is 26.1 Å². The Hall–Kier alpha value is -1.79. The highest BCUT2D eigenvalue weighted by Gasteiger charge is 2.20. The molecule has 0 aliphatic rings. The molecule has 118 valence electrons. The smallest absolute Gasteiger partial charge is 0.235 e. The summed E-state index contributed by atoms with van der Waals surface area (Å²) in [4.78, 5) is 12.0. The van der Waals surface area contributed by atoms with Gasteiger partial charge in [-0.2, -0.15) is 0 Å². The quantitative estimate of drug-likeness (QED) is 0.875. The Morgan fingerprint density at radius 2 is 1.95 bits per heavy atom. The summed E-state index contributed by atoms with van der Waals surface area (Å²) in [7, 11) is -3.68. The number of benzene rings is 1. The Kier molecular flexibility index (Phi) is 5.26. The van der Waals surface area contributed by atoms with Gasteiger partial charge in [-0.05, 0) is 43.3 Å². The third kappa shape index (κ3) is 4.61. The lowest BCUT2D eigenvalue weighted by molar-refractivity contribution is -0.119. The van der Waals surface area contributed by atoms with E-state index in [1.54, 1.807) is 25.3 Å². The molecule has 0 bridgehead atoms. The molecular formula is C15H16ClNO4S. The average Bonchev–Trinajstić information content (AvgIpc) is 2.90. The molecule has 0 aliphatic heterocycles. The van der Waals surface area contributed by atoms with Gasteiger partial charge in [0, 0.05) is 17.5 Å². The van der Waals surface area contributed by atoms with Gasteiger partial charge < -0.3 is 9.73 Å². The van der Waals surface area contributed by atoms with Gasteiger partial charge in [-0.3, -0.25) is 4.79 Å². The maximum Gasteiger partial charge on any atom is 0.235 e. The van der Waals surface area contributed by atoms with E-state index in [4.69, 9.17) is 16.0 Å². The van der Waals surface area contributed by atoms with E-state index in [0.29, 0.717) is 11.4 Å². The normalized spacial score (nSPS) is 12.8. The van der Waals surface area contributed by atoms with Crippen LogP contribution >= 0.6 is 11.6 Å². The van der Waals surface area contributed by atoms with Crippen molar-refractivity contribution in [1.82, 2.24) is 5.32 Å². The predicted molar refractivity (Wildman–Crippen MR) is 83.5 cm³/mol. The highest BCUT2D eigenvalue weighted by molar-refractivity contribution is 7.92. The molecule has 5 nitrogen and oxygen atoms in total. The Bertz CT molecular complexity index is 723. The Balaban J connectivity index is 1.94. The summed E-state index contributed by atoms with van der Waals surface area (Å²) in [6.45, 7) is 1.79. The molecule has 1 N–H and O–H groups in total. The number of carbonyl (C=O) groups excluding carboxylic acids is 1. The second-order valence-corrected chi connectivity index (χ2v) is 7.39. The van der Waals surface area contributed by atoms with Gasteiger partial charge >= 0.3 is 0 Å². The van der Waals surface area contributed by atoms with Crippen molar-refractivity contribution in [3.8, 4) is 0 Å². The minimum absolute atomic E-state index is 0.0748. The number of halogens is 1. The summed E-state index contributed by atoms with van der Waals surface area (Å²) in [5, 5.41) is 3.09. The standard InChI is InChI=1S/C15H16ClNO4S/c1-11(9-13-3-2-8-21-13)17-15(18)10-22(19,20)14-6-4-12(16)5-7-14/h2-8,11H,9-10H2,1H3,(H,17,18)/t11-/m0/s1. The van der Waals surface area contributed by atoms with Crippen LogP contribution < -0.4 is 5.32 Å². The lowest BCUT2D eigenvalue weighted by atomic mass is 10.2. The summed E-state index contributed by atoms with van der Waals surface area (Å²) >= 11 is 5.72. The molecule has 7 heteroatoms. The van der Waals surface area contributed by atoms with Crippen LogP contribution in [0.5, 0.6) is 0 Å². The fourth-order valence-electron chi connectivity index (χ4n) is 2.00. The topological polar surface area (TPSA) is 76.4 Å². The van der Waals surface area contributed by atoms with E-state index in [9.17, 15) is 13.2 Å². The van der Waals surface area contributed by atoms with Crippen molar-refractivity contribution in [2.45, 2.75) is 24.3 Å². The van der Waals surface area contributed by atoms with Gasteiger partial charge in [-0.15, -0.1) is 0 Å². The van der Waals surface area contributed by atoms with Crippen molar-refractivity contribution in [3.63, 3.8) is 0 Å². The molecule has 0 radical (unpaired) electrons. The van der Waals surface area contributed by atoms with E-state index in [1.807, 2.05) is 0 Å². The SMILES string of the molecule is C[C@@H](Cc1ccco1)NC(=O)CS(=O)(=O)c1ccc(Cl)cc1. The summed E-state index contributed by atoms with van der Waals surface area (Å²) in [5.41, 5.74) is 0. The Morgan fingerprint density at radius 1 is 1.27 bits per heavy atom. The minimum atomic E-state index is -3.68. The number of hydrogen-bond acceptors (Lipinski definition) is 4. The third-order valence-corrected chi connectivity index (χ3v) is 4.87. The number of furan rings is 1.